The van der Waals surface area contributed by atoms with Gasteiger partial charge in [-0.25, -0.2) is 4.79 Å². The van der Waals surface area contributed by atoms with Crippen LogP contribution in [0.25, 0.3) is 0 Å². The summed E-state index contributed by atoms with van der Waals surface area (Å²) in [6.45, 7) is 1.95. The van der Waals surface area contributed by atoms with E-state index in [-0.39, 0.29) is 24.5 Å². The van der Waals surface area contributed by atoms with E-state index in [0.717, 1.165) is 17.7 Å². The molecule has 128 valence electrons. The first kappa shape index (κ1) is 17.7. The van der Waals surface area contributed by atoms with Crippen LogP contribution in [0, 0.1) is 18.3 Å². The summed E-state index contributed by atoms with van der Waals surface area (Å²) in [5, 5.41) is 2.91. The third-order valence-electron chi connectivity index (χ3n) is 4.12. The summed E-state index contributed by atoms with van der Waals surface area (Å²) in [5.74, 6) is 2.77. The molecule has 1 fully saturated rings. The molecule has 3 N–H and O–H groups in total. The minimum atomic E-state index is -0.273. The van der Waals surface area contributed by atoms with Gasteiger partial charge in [-0.15, -0.1) is 6.42 Å². The first-order valence-electron chi connectivity index (χ1n) is 8.07. The molecule has 1 heterocycles. The number of nitrogens with two attached hydrogens (primary N) is 1. The molecule has 1 aromatic carbocycles. The quantitative estimate of drug-likeness (QED) is 0.768. The zero-order valence-electron chi connectivity index (χ0n) is 13.7. The highest BCUT2D eigenvalue weighted by atomic mass is 16.5. The van der Waals surface area contributed by atoms with Crippen LogP contribution in [0.15, 0.2) is 24.3 Å². The number of terminal acetylenes is 1. The van der Waals surface area contributed by atoms with Crippen molar-refractivity contribution in [2.75, 3.05) is 26.2 Å². The van der Waals surface area contributed by atoms with Gasteiger partial charge in [0.1, 0.15) is 12.4 Å². The monoisotopic (exact) mass is 329 g/mol. The zero-order valence-corrected chi connectivity index (χ0v) is 13.7. The molecule has 24 heavy (non-hydrogen) atoms. The molecule has 3 amide bonds. The number of nitrogens with one attached hydrogen (secondary N) is 1. The van der Waals surface area contributed by atoms with Gasteiger partial charge in [0.25, 0.3) is 0 Å². The Hall–Kier alpha value is -2.68. The number of urea groups is 1. The average Bonchev–Trinajstić information content (AvgIpc) is 2.61. The van der Waals surface area contributed by atoms with Crippen LogP contribution < -0.4 is 15.8 Å². The lowest BCUT2D eigenvalue weighted by Gasteiger charge is -2.30. The minimum Gasteiger partial charge on any atom is -0.481 e. The maximum absolute atomic E-state index is 12.1. The summed E-state index contributed by atoms with van der Waals surface area (Å²) >= 11 is 0. The third-order valence-corrected chi connectivity index (χ3v) is 4.12. The number of amides is 3. The average molecular weight is 329 g/mol. The van der Waals surface area contributed by atoms with Gasteiger partial charge in [-0.2, -0.15) is 0 Å². The molecule has 6 heteroatoms. The van der Waals surface area contributed by atoms with Crippen molar-refractivity contribution in [2.45, 2.75) is 19.3 Å². The van der Waals surface area contributed by atoms with Crippen molar-refractivity contribution in [3.63, 3.8) is 0 Å². The summed E-state index contributed by atoms with van der Waals surface area (Å²) < 4.78 is 5.31. The van der Waals surface area contributed by atoms with E-state index < -0.39 is 0 Å². The second kappa shape index (κ2) is 8.82. The van der Waals surface area contributed by atoms with Gasteiger partial charge in [0.2, 0.25) is 5.91 Å². The lowest BCUT2D eigenvalue weighted by atomic mass is 9.96. The van der Waals surface area contributed by atoms with Crippen molar-refractivity contribution in [3.8, 4) is 18.1 Å². The summed E-state index contributed by atoms with van der Waals surface area (Å²) in [4.78, 5) is 25.0. The molecule has 6 nitrogen and oxygen atoms in total. The second-order valence-corrected chi connectivity index (χ2v) is 5.78. The van der Waals surface area contributed by atoms with Crippen molar-refractivity contribution in [3.05, 3.63) is 29.8 Å². The third kappa shape index (κ3) is 5.20. The predicted molar refractivity (Wildman–Crippen MR) is 91.4 cm³/mol. The summed E-state index contributed by atoms with van der Waals surface area (Å²) in [5.41, 5.74) is 6.40. The van der Waals surface area contributed by atoms with Crippen LogP contribution >= 0.6 is 0 Å². The Morgan fingerprint density at radius 2 is 1.96 bits per heavy atom. The number of piperidine rings is 1. The summed E-state index contributed by atoms with van der Waals surface area (Å²) in [6, 6.07) is 7.55. The molecule has 0 unspecified atom stereocenters. The fraction of sp³-hybridized carbons (Fsp3) is 0.444. The van der Waals surface area contributed by atoms with E-state index in [1.165, 1.54) is 0 Å². The molecule has 1 aliphatic heterocycles. The molecule has 1 aromatic rings. The van der Waals surface area contributed by atoms with Crippen LogP contribution in [-0.2, 0) is 11.2 Å². The number of primary amides is 1. The van der Waals surface area contributed by atoms with Gasteiger partial charge < -0.3 is 20.7 Å². The number of hydrogen-bond acceptors (Lipinski definition) is 3. The number of carbonyl (C=O) groups excluding carboxylic acids is 2. The van der Waals surface area contributed by atoms with E-state index in [0.29, 0.717) is 32.5 Å². The van der Waals surface area contributed by atoms with Gasteiger partial charge in [-0.05, 0) is 37.0 Å². The van der Waals surface area contributed by atoms with Crippen molar-refractivity contribution in [1.82, 2.24) is 10.2 Å². The minimum absolute atomic E-state index is 0.0908. The van der Waals surface area contributed by atoms with Crippen LogP contribution in [-0.4, -0.2) is 43.1 Å². The van der Waals surface area contributed by atoms with Crippen molar-refractivity contribution in [2.24, 2.45) is 11.7 Å². The fourth-order valence-corrected chi connectivity index (χ4v) is 2.67. The normalized spacial score (nSPS) is 14.7. The number of ether oxygens (including phenoxy) is 1. The molecule has 0 aliphatic carbocycles. The SMILES string of the molecule is C#CCOc1ccc(CCNC(=O)N2CCC(C(N)=O)CC2)cc1. The standard InChI is InChI=1S/C18H23N3O3/c1-2-13-24-16-5-3-14(4-6-16)7-10-20-18(23)21-11-8-15(9-12-21)17(19)22/h1,3-6,15H,7-13H2,(H2,19,22)(H,20,23). The van der Waals surface area contributed by atoms with E-state index in [1.807, 2.05) is 24.3 Å². The van der Waals surface area contributed by atoms with Crippen LogP contribution in [0.2, 0.25) is 0 Å². The molecule has 0 spiro atoms. The zero-order chi connectivity index (χ0) is 17.4. The Morgan fingerprint density at radius 3 is 2.54 bits per heavy atom. The van der Waals surface area contributed by atoms with Gasteiger partial charge in [0.15, 0.2) is 0 Å². The molecule has 0 bridgehead atoms. The van der Waals surface area contributed by atoms with Gasteiger partial charge in [0.05, 0.1) is 0 Å². The highest BCUT2D eigenvalue weighted by Gasteiger charge is 2.25. The number of nitrogens with zero attached hydrogens (tertiary/aromatic N) is 1. The van der Waals surface area contributed by atoms with E-state index in [2.05, 4.69) is 11.2 Å². The largest absolute Gasteiger partial charge is 0.481 e. The van der Waals surface area contributed by atoms with Gasteiger partial charge in [-0.3, -0.25) is 4.79 Å². The molecule has 0 aromatic heterocycles. The van der Waals surface area contributed by atoms with E-state index in [4.69, 9.17) is 16.9 Å². The number of hydrogen-bond donors (Lipinski definition) is 2. The molecule has 0 saturated carbocycles. The Kier molecular flexibility index (Phi) is 6.50. The van der Waals surface area contributed by atoms with Crippen LogP contribution in [0.5, 0.6) is 5.75 Å². The lowest BCUT2D eigenvalue weighted by Crippen LogP contribution is -2.46. The van der Waals surface area contributed by atoms with Gasteiger partial charge in [-0.1, -0.05) is 18.1 Å². The Bertz CT molecular complexity index is 599. The van der Waals surface area contributed by atoms with Crippen LogP contribution in [0.1, 0.15) is 18.4 Å². The molecular formula is C18H23N3O3. The summed E-state index contributed by atoms with van der Waals surface area (Å²) in [6.07, 6.45) is 7.16. The van der Waals surface area contributed by atoms with Gasteiger partial charge >= 0.3 is 6.03 Å². The predicted octanol–water partition coefficient (Wildman–Crippen LogP) is 1.15. The number of carbonyl (C=O) groups is 2. The highest BCUT2D eigenvalue weighted by Crippen LogP contribution is 2.16. The molecule has 2 rings (SSSR count). The molecule has 1 aliphatic rings. The van der Waals surface area contributed by atoms with Crippen LogP contribution in [0.3, 0.4) is 0 Å². The number of likely N-dealkylation sites (tertiary alicyclic amines) is 1. The molecule has 0 atom stereocenters. The van der Waals surface area contributed by atoms with Crippen molar-refractivity contribution >= 4 is 11.9 Å². The lowest BCUT2D eigenvalue weighted by molar-refractivity contribution is -0.123. The van der Waals surface area contributed by atoms with E-state index in [9.17, 15) is 9.59 Å². The second-order valence-electron chi connectivity index (χ2n) is 5.78. The molecule has 1 saturated heterocycles. The number of benzene rings is 1. The Morgan fingerprint density at radius 1 is 1.29 bits per heavy atom. The summed E-state index contributed by atoms with van der Waals surface area (Å²) in [7, 11) is 0. The maximum atomic E-state index is 12.1. The molecular weight excluding hydrogens is 306 g/mol. The van der Waals surface area contributed by atoms with E-state index in [1.54, 1.807) is 4.90 Å². The first-order chi connectivity index (χ1) is 11.6. The van der Waals surface area contributed by atoms with Gasteiger partial charge in [0, 0.05) is 25.6 Å². The Labute approximate surface area is 142 Å². The first-order valence-corrected chi connectivity index (χ1v) is 8.07. The van der Waals surface area contributed by atoms with Crippen molar-refractivity contribution in [1.29, 1.82) is 0 Å². The topological polar surface area (TPSA) is 84.7 Å². The Balaban J connectivity index is 1.69. The highest BCUT2D eigenvalue weighted by molar-refractivity contribution is 5.78. The molecule has 0 radical (unpaired) electrons. The van der Waals surface area contributed by atoms with Crippen LogP contribution in [0.4, 0.5) is 4.79 Å². The smallest absolute Gasteiger partial charge is 0.317 e. The fourth-order valence-electron chi connectivity index (χ4n) is 2.67. The number of rotatable bonds is 6. The maximum Gasteiger partial charge on any atom is 0.317 e. The van der Waals surface area contributed by atoms with Crippen molar-refractivity contribution < 1.29 is 14.3 Å². The van der Waals surface area contributed by atoms with E-state index >= 15 is 0 Å².